The van der Waals surface area contributed by atoms with Crippen molar-refractivity contribution in [3.05, 3.63) is 40.5 Å². The monoisotopic (exact) mass is 490 g/mol. The van der Waals surface area contributed by atoms with Gasteiger partial charge in [-0.2, -0.15) is 0 Å². The number of aromatic nitrogens is 1. The zero-order chi connectivity index (χ0) is 23.7. The van der Waals surface area contributed by atoms with E-state index >= 15 is 0 Å². The molecule has 174 valence electrons. The van der Waals surface area contributed by atoms with Gasteiger partial charge in [-0.15, -0.1) is 11.3 Å². The van der Waals surface area contributed by atoms with Gasteiger partial charge in [0.1, 0.15) is 15.5 Å². The molecule has 1 aliphatic heterocycles. The number of halogens is 1. The molecule has 3 aromatic rings. The highest BCUT2D eigenvalue weighted by Crippen LogP contribution is 2.34. The molecular formula is C22H23FN4O4S2. The van der Waals surface area contributed by atoms with Crippen LogP contribution in [0.5, 0.6) is 0 Å². The Kier molecular flexibility index (Phi) is 6.61. The van der Waals surface area contributed by atoms with Crippen LogP contribution in [-0.2, 0) is 9.53 Å². The minimum Gasteiger partial charge on any atom is -0.451 e. The van der Waals surface area contributed by atoms with Crippen LogP contribution in [0.25, 0.3) is 9.53 Å². The highest BCUT2D eigenvalue weighted by atomic mass is 32.1. The maximum atomic E-state index is 14.4. The quantitative estimate of drug-likeness (QED) is 0.387. The molecule has 8 nitrogen and oxygen atoms in total. The molecule has 4 rings (SSSR count). The maximum Gasteiger partial charge on any atom is 0.348 e. The van der Waals surface area contributed by atoms with Gasteiger partial charge in [-0.3, -0.25) is 9.59 Å². The number of piperazine rings is 1. The Balaban J connectivity index is 1.29. The molecule has 1 amide bonds. The van der Waals surface area contributed by atoms with E-state index in [-0.39, 0.29) is 18.3 Å². The van der Waals surface area contributed by atoms with E-state index in [4.69, 9.17) is 4.74 Å². The van der Waals surface area contributed by atoms with Crippen LogP contribution >= 0.6 is 22.7 Å². The van der Waals surface area contributed by atoms with Gasteiger partial charge in [0, 0.05) is 45.8 Å². The average Bonchev–Trinajstić information content (AvgIpc) is 3.37. The first-order valence-electron chi connectivity index (χ1n) is 10.3. The molecule has 1 aliphatic rings. The summed E-state index contributed by atoms with van der Waals surface area (Å²) < 4.78 is 20.5. The summed E-state index contributed by atoms with van der Waals surface area (Å²) in [4.78, 5) is 47.3. The number of rotatable bonds is 6. The Hall–Kier alpha value is -3.05. The average molecular weight is 491 g/mol. The molecule has 0 spiro atoms. The number of carbonyl (C=O) groups excluding carboxylic acids is 3. The number of benzene rings is 1. The first kappa shape index (κ1) is 23.1. The van der Waals surface area contributed by atoms with Crippen LogP contribution in [0.4, 0.5) is 15.2 Å². The number of esters is 1. The number of ketones is 1. The van der Waals surface area contributed by atoms with Gasteiger partial charge in [0.05, 0.1) is 10.4 Å². The van der Waals surface area contributed by atoms with Crippen LogP contribution in [-0.4, -0.2) is 74.4 Å². The van der Waals surface area contributed by atoms with Crippen molar-refractivity contribution in [1.82, 2.24) is 9.88 Å². The zero-order valence-corrected chi connectivity index (χ0v) is 20.1. The topological polar surface area (TPSA) is 83.1 Å². The highest BCUT2D eigenvalue weighted by molar-refractivity contribution is 7.29. The molecule has 1 saturated heterocycles. The fraction of sp³-hybridized carbons (Fsp3) is 0.364. The third-order valence-corrected chi connectivity index (χ3v) is 7.62. The summed E-state index contributed by atoms with van der Waals surface area (Å²) in [5.41, 5.74) is 0.730. The summed E-state index contributed by atoms with van der Waals surface area (Å²) in [6.07, 6.45) is 0. The Bertz CT molecular complexity index is 1180. The lowest BCUT2D eigenvalue weighted by molar-refractivity contribution is -0.134. The molecule has 0 bridgehead atoms. The number of amides is 1. The summed E-state index contributed by atoms with van der Waals surface area (Å²) in [5.74, 6) is -1.49. The molecule has 1 fully saturated rings. The lowest BCUT2D eigenvalue weighted by atomic mass is 10.1. The van der Waals surface area contributed by atoms with Gasteiger partial charge in [-0.25, -0.2) is 14.2 Å². The number of ether oxygens (including phenoxy) is 1. The number of thiazole rings is 1. The van der Waals surface area contributed by atoms with Gasteiger partial charge in [0.15, 0.2) is 17.5 Å². The van der Waals surface area contributed by atoms with E-state index in [1.165, 1.54) is 35.7 Å². The van der Waals surface area contributed by atoms with Crippen molar-refractivity contribution in [3.63, 3.8) is 0 Å². The van der Waals surface area contributed by atoms with E-state index in [1.807, 2.05) is 23.9 Å². The fourth-order valence-corrected chi connectivity index (χ4v) is 5.51. The number of hydrogen-bond donors (Lipinski definition) is 0. The van der Waals surface area contributed by atoms with Crippen LogP contribution in [0.3, 0.4) is 0 Å². The molecule has 0 aliphatic carbocycles. The van der Waals surface area contributed by atoms with E-state index in [1.54, 1.807) is 23.1 Å². The fourth-order valence-electron chi connectivity index (χ4n) is 3.48. The van der Waals surface area contributed by atoms with Crippen LogP contribution < -0.4 is 9.80 Å². The second kappa shape index (κ2) is 9.44. The summed E-state index contributed by atoms with van der Waals surface area (Å²) in [5, 5.41) is 0.861. The van der Waals surface area contributed by atoms with Gasteiger partial charge < -0.3 is 19.4 Å². The SMILES string of the molecule is CC(=O)c1ccc(N2CCN(C(=O)COC(=O)c3cc4sc(N(C)C)nc4s3)CC2)c(F)c1. The molecule has 2 aromatic heterocycles. The van der Waals surface area contributed by atoms with E-state index in [0.29, 0.717) is 42.3 Å². The minimum atomic E-state index is -0.545. The first-order chi connectivity index (χ1) is 15.7. The van der Waals surface area contributed by atoms with E-state index < -0.39 is 11.8 Å². The lowest BCUT2D eigenvalue weighted by Crippen LogP contribution is -2.50. The number of carbonyl (C=O) groups is 3. The number of hydrogen-bond acceptors (Lipinski definition) is 9. The smallest absolute Gasteiger partial charge is 0.348 e. The normalized spacial score (nSPS) is 13.9. The summed E-state index contributed by atoms with van der Waals surface area (Å²) in [6.45, 7) is 2.70. The second-order valence-corrected chi connectivity index (χ2v) is 9.88. The minimum absolute atomic E-state index is 0.192. The summed E-state index contributed by atoms with van der Waals surface area (Å²) >= 11 is 2.73. The maximum absolute atomic E-state index is 14.4. The number of Topliss-reactive ketones (excluding diaryl/α,β-unsaturated/α-hetero) is 1. The molecule has 1 aromatic carbocycles. The van der Waals surface area contributed by atoms with Gasteiger partial charge in [0.2, 0.25) is 0 Å². The van der Waals surface area contributed by atoms with Crippen LogP contribution in [0.1, 0.15) is 27.0 Å². The van der Waals surface area contributed by atoms with E-state index in [2.05, 4.69) is 4.98 Å². The zero-order valence-electron chi connectivity index (χ0n) is 18.5. The molecule has 3 heterocycles. The molecular weight excluding hydrogens is 467 g/mol. The molecule has 0 N–H and O–H groups in total. The van der Waals surface area contributed by atoms with Crippen molar-refractivity contribution in [2.75, 3.05) is 56.7 Å². The first-order valence-corrected chi connectivity index (χ1v) is 11.9. The van der Waals surface area contributed by atoms with Crippen molar-refractivity contribution in [3.8, 4) is 0 Å². The molecule has 11 heteroatoms. The Morgan fingerprint density at radius 3 is 2.45 bits per heavy atom. The summed E-state index contributed by atoms with van der Waals surface area (Å²) in [7, 11) is 3.81. The third kappa shape index (κ3) is 4.98. The van der Waals surface area contributed by atoms with E-state index in [0.717, 1.165) is 14.7 Å². The molecule has 0 atom stereocenters. The molecule has 0 radical (unpaired) electrons. The highest BCUT2D eigenvalue weighted by Gasteiger charge is 2.24. The Labute approximate surface area is 198 Å². The van der Waals surface area contributed by atoms with Crippen molar-refractivity contribution in [2.45, 2.75) is 6.92 Å². The number of fused-ring (bicyclic) bond motifs is 1. The molecule has 0 unspecified atom stereocenters. The molecule has 0 saturated carbocycles. The standard InChI is InChI=1S/C22H23FN4O4S2/c1-13(28)14-4-5-16(15(23)10-14)26-6-8-27(9-7-26)19(29)12-31-21(30)18-11-17-20(32-18)24-22(33-17)25(2)3/h4-5,10-11H,6-9,12H2,1-3H3. The van der Waals surface area contributed by atoms with Gasteiger partial charge in [0.25, 0.3) is 5.91 Å². The number of thiophene rings is 1. The van der Waals surface area contributed by atoms with Crippen molar-refractivity contribution in [1.29, 1.82) is 0 Å². The summed E-state index contributed by atoms with van der Waals surface area (Å²) in [6, 6.07) is 6.17. The predicted molar refractivity (Wildman–Crippen MR) is 127 cm³/mol. The Morgan fingerprint density at radius 1 is 1.12 bits per heavy atom. The van der Waals surface area contributed by atoms with Gasteiger partial charge in [-0.05, 0) is 31.2 Å². The van der Waals surface area contributed by atoms with Crippen molar-refractivity contribution < 1.29 is 23.5 Å². The molecule has 33 heavy (non-hydrogen) atoms. The van der Waals surface area contributed by atoms with Crippen molar-refractivity contribution in [2.24, 2.45) is 0 Å². The Morgan fingerprint density at radius 2 is 1.85 bits per heavy atom. The lowest BCUT2D eigenvalue weighted by Gasteiger charge is -2.36. The number of nitrogens with zero attached hydrogens (tertiary/aromatic N) is 4. The predicted octanol–water partition coefficient (Wildman–Crippen LogP) is 3.27. The van der Waals surface area contributed by atoms with E-state index in [9.17, 15) is 18.8 Å². The van der Waals surface area contributed by atoms with Gasteiger partial charge >= 0.3 is 5.97 Å². The second-order valence-electron chi connectivity index (χ2n) is 7.84. The van der Waals surface area contributed by atoms with Gasteiger partial charge in [-0.1, -0.05) is 11.3 Å². The number of anilines is 2. The van der Waals surface area contributed by atoms with Crippen LogP contribution in [0.15, 0.2) is 24.3 Å². The van der Waals surface area contributed by atoms with Crippen LogP contribution in [0, 0.1) is 5.82 Å². The van der Waals surface area contributed by atoms with Crippen LogP contribution in [0.2, 0.25) is 0 Å². The largest absolute Gasteiger partial charge is 0.451 e. The van der Waals surface area contributed by atoms with Crippen molar-refractivity contribution >= 4 is 60.7 Å². The third-order valence-electron chi connectivity index (χ3n) is 5.32.